The van der Waals surface area contributed by atoms with E-state index in [0.29, 0.717) is 24.5 Å². The molecular formula is C19H26N4O4. The zero-order valence-electron chi connectivity index (χ0n) is 15.8. The first-order chi connectivity index (χ1) is 13.1. The maximum atomic E-state index is 12.6. The number of rotatable bonds is 7. The molecule has 8 nitrogen and oxygen atoms in total. The lowest BCUT2D eigenvalue weighted by Gasteiger charge is -2.22. The number of ether oxygens (including phenoxy) is 1. The van der Waals surface area contributed by atoms with Gasteiger partial charge in [0.2, 0.25) is 0 Å². The average molecular weight is 374 g/mol. The van der Waals surface area contributed by atoms with Gasteiger partial charge in [0.15, 0.2) is 0 Å². The van der Waals surface area contributed by atoms with E-state index in [-0.39, 0.29) is 18.0 Å². The molecule has 1 aliphatic heterocycles. The highest BCUT2D eigenvalue weighted by molar-refractivity contribution is 5.95. The van der Waals surface area contributed by atoms with Gasteiger partial charge in [-0.25, -0.2) is 9.78 Å². The molecule has 1 atom stereocenters. The van der Waals surface area contributed by atoms with Crippen molar-refractivity contribution in [2.24, 2.45) is 0 Å². The third kappa shape index (κ3) is 4.64. The maximum Gasteiger partial charge on any atom is 0.349 e. The Morgan fingerprint density at radius 2 is 2.37 bits per heavy atom. The summed E-state index contributed by atoms with van der Waals surface area (Å²) in [5, 5.41) is 6.09. The highest BCUT2D eigenvalue weighted by Crippen LogP contribution is 2.23. The SMILES string of the molecule is COCCn1cncc1CNC(=O)c1c(C)cc(C2CCCNC2)oc1=O. The van der Waals surface area contributed by atoms with Crippen LogP contribution in [0.15, 0.2) is 27.8 Å². The van der Waals surface area contributed by atoms with Crippen molar-refractivity contribution < 1.29 is 13.9 Å². The minimum absolute atomic E-state index is 0.0606. The van der Waals surface area contributed by atoms with Crippen LogP contribution in [0.5, 0.6) is 0 Å². The minimum atomic E-state index is -0.582. The number of nitrogens with one attached hydrogen (secondary N) is 2. The van der Waals surface area contributed by atoms with Gasteiger partial charge in [0, 0.05) is 32.3 Å². The molecule has 1 aliphatic rings. The van der Waals surface area contributed by atoms with Crippen molar-refractivity contribution in [1.82, 2.24) is 20.2 Å². The van der Waals surface area contributed by atoms with Gasteiger partial charge in [0.25, 0.3) is 5.91 Å². The number of amides is 1. The van der Waals surface area contributed by atoms with Crippen molar-refractivity contribution in [2.75, 3.05) is 26.8 Å². The van der Waals surface area contributed by atoms with Crippen LogP contribution in [0.3, 0.4) is 0 Å². The maximum absolute atomic E-state index is 12.6. The monoisotopic (exact) mass is 374 g/mol. The second kappa shape index (κ2) is 8.96. The summed E-state index contributed by atoms with van der Waals surface area (Å²) >= 11 is 0. The Morgan fingerprint density at radius 1 is 1.52 bits per heavy atom. The third-order valence-corrected chi connectivity index (χ3v) is 4.86. The molecule has 0 radical (unpaired) electrons. The van der Waals surface area contributed by atoms with Crippen LogP contribution in [0, 0.1) is 6.92 Å². The lowest BCUT2D eigenvalue weighted by Crippen LogP contribution is -2.32. The number of carbonyl (C=O) groups excluding carboxylic acids is 1. The van der Waals surface area contributed by atoms with Crippen LogP contribution in [0.4, 0.5) is 0 Å². The molecule has 1 unspecified atom stereocenters. The van der Waals surface area contributed by atoms with E-state index in [9.17, 15) is 9.59 Å². The summed E-state index contributed by atoms with van der Waals surface area (Å²) in [6, 6.07) is 1.82. The summed E-state index contributed by atoms with van der Waals surface area (Å²) in [5.41, 5.74) is 0.955. The van der Waals surface area contributed by atoms with Gasteiger partial charge in [-0.3, -0.25) is 4.79 Å². The van der Waals surface area contributed by atoms with Gasteiger partial charge in [-0.1, -0.05) is 0 Å². The van der Waals surface area contributed by atoms with Crippen molar-refractivity contribution in [3.8, 4) is 0 Å². The third-order valence-electron chi connectivity index (χ3n) is 4.86. The Bertz CT molecular complexity index is 836. The standard InChI is InChI=1S/C19H26N4O4/c1-13-8-16(14-4-3-5-20-9-14)27-19(25)17(13)18(24)22-11-15-10-21-12-23(15)6-7-26-2/h8,10,12,14,20H,3-7,9,11H2,1-2H3,(H,22,24). The van der Waals surface area contributed by atoms with E-state index in [1.165, 1.54) is 0 Å². The molecule has 2 aromatic heterocycles. The molecule has 3 rings (SSSR count). The topological polar surface area (TPSA) is 98.4 Å². The number of aryl methyl sites for hydroxylation is 1. The first-order valence-electron chi connectivity index (χ1n) is 9.21. The van der Waals surface area contributed by atoms with E-state index in [0.717, 1.165) is 31.6 Å². The molecule has 8 heteroatoms. The summed E-state index contributed by atoms with van der Waals surface area (Å²) in [5.74, 6) is 0.394. The number of carbonyl (C=O) groups is 1. The Hall–Kier alpha value is -2.45. The van der Waals surface area contributed by atoms with Crippen molar-refractivity contribution in [2.45, 2.75) is 38.8 Å². The van der Waals surface area contributed by atoms with Gasteiger partial charge in [0.1, 0.15) is 11.3 Å². The molecule has 0 spiro atoms. The number of methoxy groups -OCH3 is 1. The molecule has 3 heterocycles. The predicted octanol–water partition coefficient (Wildman–Crippen LogP) is 1.19. The van der Waals surface area contributed by atoms with Crippen molar-refractivity contribution >= 4 is 5.91 Å². The Kier molecular flexibility index (Phi) is 6.41. The van der Waals surface area contributed by atoms with E-state index in [4.69, 9.17) is 9.15 Å². The highest BCUT2D eigenvalue weighted by atomic mass is 16.5. The first-order valence-corrected chi connectivity index (χ1v) is 9.21. The molecular weight excluding hydrogens is 348 g/mol. The summed E-state index contributed by atoms with van der Waals surface area (Å²) in [6.07, 6.45) is 5.40. The molecule has 2 aromatic rings. The summed E-state index contributed by atoms with van der Waals surface area (Å²) in [4.78, 5) is 29.1. The number of hydrogen-bond donors (Lipinski definition) is 2. The molecule has 1 saturated heterocycles. The Morgan fingerprint density at radius 3 is 3.07 bits per heavy atom. The van der Waals surface area contributed by atoms with Crippen molar-refractivity contribution in [1.29, 1.82) is 0 Å². The fourth-order valence-corrected chi connectivity index (χ4v) is 3.35. The molecule has 0 aromatic carbocycles. The number of imidazole rings is 1. The van der Waals surface area contributed by atoms with Crippen LogP contribution in [0.1, 0.15) is 46.1 Å². The van der Waals surface area contributed by atoms with E-state index < -0.39 is 11.5 Å². The van der Waals surface area contributed by atoms with Crippen LogP contribution >= 0.6 is 0 Å². The molecule has 146 valence electrons. The van der Waals surface area contributed by atoms with Gasteiger partial charge < -0.3 is 24.4 Å². The number of nitrogens with zero attached hydrogens (tertiary/aromatic N) is 2. The van der Waals surface area contributed by atoms with Gasteiger partial charge in [-0.2, -0.15) is 0 Å². The smallest absolute Gasteiger partial charge is 0.349 e. The second-order valence-corrected chi connectivity index (χ2v) is 6.79. The second-order valence-electron chi connectivity index (χ2n) is 6.79. The first kappa shape index (κ1) is 19.3. The minimum Gasteiger partial charge on any atom is -0.427 e. The number of piperidine rings is 1. The number of hydrogen-bond acceptors (Lipinski definition) is 6. The van der Waals surface area contributed by atoms with E-state index in [1.54, 1.807) is 26.6 Å². The van der Waals surface area contributed by atoms with Gasteiger partial charge >= 0.3 is 5.63 Å². The fourth-order valence-electron chi connectivity index (χ4n) is 3.35. The summed E-state index contributed by atoms with van der Waals surface area (Å²) in [6.45, 7) is 5.02. The van der Waals surface area contributed by atoms with Crippen molar-refractivity contribution in [3.05, 3.63) is 51.6 Å². The van der Waals surface area contributed by atoms with Crippen LogP contribution in [-0.4, -0.2) is 42.3 Å². The molecule has 0 aliphatic carbocycles. The Labute approximate surface area is 157 Å². The lowest BCUT2D eigenvalue weighted by molar-refractivity contribution is 0.0944. The summed E-state index contributed by atoms with van der Waals surface area (Å²) < 4.78 is 12.4. The van der Waals surface area contributed by atoms with E-state index in [2.05, 4.69) is 15.6 Å². The van der Waals surface area contributed by atoms with Crippen molar-refractivity contribution in [3.63, 3.8) is 0 Å². The normalized spacial score (nSPS) is 17.0. The molecule has 27 heavy (non-hydrogen) atoms. The highest BCUT2D eigenvalue weighted by Gasteiger charge is 2.22. The van der Waals surface area contributed by atoms with E-state index in [1.807, 2.05) is 10.6 Å². The largest absolute Gasteiger partial charge is 0.427 e. The zero-order valence-corrected chi connectivity index (χ0v) is 15.8. The average Bonchev–Trinajstić information content (AvgIpc) is 3.12. The molecule has 1 amide bonds. The molecule has 0 bridgehead atoms. The van der Waals surface area contributed by atoms with Gasteiger partial charge in [0.05, 0.1) is 25.2 Å². The van der Waals surface area contributed by atoms with Gasteiger partial charge in [-0.05, 0) is 37.9 Å². The zero-order chi connectivity index (χ0) is 19.2. The van der Waals surface area contributed by atoms with E-state index >= 15 is 0 Å². The Balaban J connectivity index is 1.69. The van der Waals surface area contributed by atoms with Crippen LogP contribution in [-0.2, 0) is 17.8 Å². The molecule has 0 saturated carbocycles. The molecule has 1 fully saturated rings. The van der Waals surface area contributed by atoms with Crippen LogP contribution in [0.2, 0.25) is 0 Å². The molecule has 2 N–H and O–H groups in total. The summed E-state index contributed by atoms with van der Waals surface area (Å²) in [7, 11) is 1.63. The quantitative estimate of drug-likeness (QED) is 0.755. The predicted molar refractivity (Wildman–Crippen MR) is 99.8 cm³/mol. The lowest BCUT2D eigenvalue weighted by atomic mass is 9.95. The number of aromatic nitrogens is 2. The van der Waals surface area contributed by atoms with Crippen LogP contribution in [0.25, 0.3) is 0 Å². The van der Waals surface area contributed by atoms with Crippen LogP contribution < -0.4 is 16.3 Å². The van der Waals surface area contributed by atoms with Gasteiger partial charge in [-0.15, -0.1) is 0 Å². The fraction of sp³-hybridized carbons (Fsp3) is 0.526.